The van der Waals surface area contributed by atoms with Crippen LogP contribution in [0.5, 0.6) is 0 Å². The first-order valence-electron chi connectivity index (χ1n) is 6.60. The summed E-state index contributed by atoms with van der Waals surface area (Å²) in [7, 11) is 0. The van der Waals surface area contributed by atoms with Crippen molar-refractivity contribution in [2.24, 2.45) is 4.99 Å². The number of carbonyl (C=O) groups is 1. The molecule has 0 saturated carbocycles. The van der Waals surface area contributed by atoms with Crippen LogP contribution in [-0.4, -0.2) is 36.5 Å². The summed E-state index contributed by atoms with van der Waals surface area (Å²) < 4.78 is 0. The number of aliphatic imine (C=N–C) groups is 1. The smallest absolute Gasteiger partial charge is 0.222 e. The average molecular weight is 256 g/mol. The highest BCUT2D eigenvalue weighted by atomic mass is 16.1. The topological polar surface area (TPSA) is 65.5 Å². The standard InChI is InChI=1S/C13H28N4O/c1-7-14-12(17-13(4,5)6)15-9-8-11(18)16-10(2)3/h10H,7-9H2,1-6H3,(H,16,18)(H2,14,15,17). The van der Waals surface area contributed by atoms with Crippen molar-refractivity contribution in [3.8, 4) is 0 Å². The Balaban J connectivity index is 4.20. The van der Waals surface area contributed by atoms with Crippen LogP contribution in [0, 0.1) is 0 Å². The summed E-state index contributed by atoms with van der Waals surface area (Å²) in [6.07, 6.45) is 0.416. The van der Waals surface area contributed by atoms with Crippen molar-refractivity contribution in [2.75, 3.05) is 13.1 Å². The molecule has 3 N–H and O–H groups in total. The van der Waals surface area contributed by atoms with Gasteiger partial charge < -0.3 is 16.0 Å². The molecule has 0 bridgehead atoms. The van der Waals surface area contributed by atoms with Gasteiger partial charge in [-0.2, -0.15) is 0 Å². The highest BCUT2D eigenvalue weighted by Crippen LogP contribution is 1.98. The second-order valence-corrected chi connectivity index (χ2v) is 5.61. The summed E-state index contributed by atoms with van der Waals surface area (Å²) in [5.41, 5.74) is -0.0405. The van der Waals surface area contributed by atoms with Crippen LogP contribution in [0.4, 0.5) is 0 Å². The third-order valence-electron chi connectivity index (χ3n) is 1.90. The molecule has 1 amide bonds. The predicted molar refractivity (Wildman–Crippen MR) is 76.8 cm³/mol. The molecule has 0 fully saturated rings. The van der Waals surface area contributed by atoms with Gasteiger partial charge in [0.25, 0.3) is 0 Å². The lowest BCUT2D eigenvalue weighted by Crippen LogP contribution is -2.47. The number of amides is 1. The zero-order chi connectivity index (χ0) is 14.2. The van der Waals surface area contributed by atoms with Gasteiger partial charge in [-0.3, -0.25) is 9.79 Å². The second kappa shape index (κ2) is 7.95. The lowest BCUT2D eigenvalue weighted by molar-refractivity contribution is -0.121. The van der Waals surface area contributed by atoms with E-state index in [0.29, 0.717) is 13.0 Å². The molecule has 0 aromatic rings. The van der Waals surface area contributed by atoms with Gasteiger partial charge in [-0.05, 0) is 41.5 Å². The number of rotatable bonds is 5. The lowest BCUT2D eigenvalue weighted by atomic mass is 10.1. The number of guanidine groups is 1. The Labute approximate surface area is 111 Å². The Morgan fingerprint density at radius 2 is 1.89 bits per heavy atom. The van der Waals surface area contributed by atoms with Crippen LogP contribution in [0.15, 0.2) is 4.99 Å². The minimum Gasteiger partial charge on any atom is -0.357 e. The third kappa shape index (κ3) is 9.93. The molecule has 106 valence electrons. The van der Waals surface area contributed by atoms with E-state index in [9.17, 15) is 4.79 Å². The lowest BCUT2D eigenvalue weighted by Gasteiger charge is -2.23. The van der Waals surface area contributed by atoms with Gasteiger partial charge in [0.15, 0.2) is 5.96 Å². The highest BCUT2D eigenvalue weighted by Gasteiger charge is 2.11. The average Bonchev–Trinajstić information content (AvgIpc) is 2.13. The fourth-order valence-corrected chi connectivity index (χ4v) is 1.33. The maximum Gasteiger partial charge on any atom is 0.222 e. The zero-order valence-electron chi connectivity index (χ0n) is 12.6. The van der Waals surface area contributed by atoms with Crippen molar-refractivity contribution in [1.82, 2.24) is 16.0 Å². The molecule has 0 aromatic heterocycles. The van der Waals surface area contributed by atoms with E-state index in [2.05, 4.69) is 41.7 Å². The number of carbonyl (C=O) groups excluding carboxylic acids is 1. The summed E-state index contributed by atoms with van der Waals surface area (Å²) in [5.74, 6) is 0.794. The molecular formula is C13H28N4O. The normalized spacial score (nSPS) is 12.5. The zero-order valence-corrected chi connectivity index (χ0v) is 12.6. The minimum absolute atomic E-state index is 0.0405. The van der Waals surface area contributed by atoms with Crippen molar-refractivity contribution in [1.29, 1.82) is 0 Å². The first-order chi connectivity index (χ1) is 8.24. The number of hydrogen-bond acceptors (Lipinski definition) is 2. The summed E-state index contributed by atoms with van der Waals surface area (Å²) in [4.78, 5) is 15.8. The van der Waals surface area contributed by atoms with E-state index in [-0.39, 0.29) is 17.5 Å². The van der Waals surface area contributed by atoms with E-state index in [1.807, 2.05) is 20.8 Å². The number of nitrogens with zero attached hydrogens (tertiary/aromatic N) is 1. The van der Waals surface area contributed by atoms with Crippen molar-refractivity contribution in [2.45, 2.75) is 59.5 Å². The van der Waals surface area contributed by atoms with E-state index in [1.165, 1.54) is 0 Å². The second-order valence-electron chi connectivity index (χ2n) is 5.61. The largest absolute Gasteiger partial charge is 0.357 e. The van der Waals surface area contributed by atoms with Gasteiger partial charge in [-0.15, -0.1) is 0 Å². The summed E-state index contributed by atoms with van der Waals surface area (Å²) >= 11 is 0. The molecule has 5 heteroatoms. The molecule has 18 heavy (non-hydrogen) atoms. The Hall–Kier alpha value is -1.26. The summed E-state index contributed by atoms with van der Waals surface area (Å²) in [6.45, 7) is 13.4. The monoisotopic (exact) mass is 256 g/mol. The summed E-state index contributed by atoms with van der Waals surface area (Å²) in [5, 5.41) is 9.29. The molecule has 0 radical (unpaired) electrons. The highest BCUT2D eigenvalue weighted by molar-refractivity contribution is 5.81. The van der Waals surface area contributed by atoms with Crippen LogP contribution in [0.25, 0.3) is 0 Å². The Morgan fingerprint density at radius 3 is 2.33 bits per heavy atom. The van der Waals surface area contributed by atoms with Gasteiger partial charge in [0.2, 0.25) is 5.91 Å². The van der Waals surface area contributed by atoms with Crippen molar-refractivity contribution < 1.29 is 4.79 Å². The molecule has 0 saturated heterocycles. The van der Waals surface area contributed by atoms with Gasteiger partial charge in [-0.25, -0.2) is 0 Å². The first-order valence-corrected chi connectivity index (χ1v) is 6.60. The van der Waals surface area contributed by atoms with E-state index in [1.54, 1.807) is 0 Å². The van der Waals surface area contributed by atoms with Crippen molar-refractivity contribution in [3.63, 3.8) is 0 Å². The van der Waals surface area contributed by atoms with Crippen molar-refractivity contribution in [3.05, 3.63) is 0 Å². The maximum atomic E-state index is 11.5. The van der Waals surface area contributed by atoms with Gasteiger partial charge in [0.1, 0.15) is 0 Å². The van der Waals surface area contributed by atoms with E-state index in [4.69, 9.17) is 0 Å². The van der Waals surface area contributed by atoms with Crippen LogP contribution in [-0.2, 0) is 4.79 Å². The molecule has 0 aliphatic heterocycles. The fraction of sp³-hybridized carbons (Fsp3) is 0.846. The van der Waals surface area contributed by atoms with Crippen LogP contribution in [0.2, 0.25) is 0 Å². The molecule has 0 aliphatic carbocycles. The van der Waals surface area contributed by atoms with Crippen LogP contribution >= 0.6 is 0 Å². The Bertz CT molecular complexity index is 279. The molecule has 0 aliphatic rings. The van der Waals surface area contributed by atoms with E-state index < -0.39 is 0 Å². The fourth-order valence-electron chi connectivity index (χ4n) is 1.33. The van der Waals surface area contributed by atoms with Gasteiger partial charge in [0, 0.05) is 24.5 Å². The molecule has 0 heterocycles. The molecule has 5 nitrogen and oxygen atoms in total. The molecule has 0 atom stereocenters. The molecule has 0 rings (SSSR count). The van der Waals surface area contributed by atoms with E-state index >= 15 is 0 Å². The van der Waals surface area contributed by atoms with Crippen molar-refractivity contribution >= 4 is 11.9 Å². The van der Waals surface area contributed by atoms with Crippen LogP contribution in [0.1, 0.15) is 48.0 Å². The Kier molecular flexibility index (Phi) is 7.39. The Morgan fingerprint density at radius 1 is 1.28 bits per heavy atom. The molecule has 0 unspecified atom stereocenters. The quantitative estimate of drug-likeness (QED) is 0.512. The van der Waals surface area contributed by atoms with E-state index in [0.717, 1.165) is 12.5 Å². The summed E-state index contributed by atoms with van der Waals surface area (Å²) in [6, 6.07) is 0.183. The third-order valence-corrected chi connectivity index (χ3v) is 1.90. The van der Waals surface area contributed by atoms with Crippen LogP contribution in [0.3, 0.4) is 0 Å². The maximum absolute atomic E-state index is 11.5. The molecule has 0 spiro atoms. The van der Waals surface area contributed by atoms with Gasteiger partial charge in [-0.1, -0.05) is 0 Å². The first kappa shape index (κ1) is 16.7. The van der Waals surface area contributed by atoms with Gasteiger partial charge >= 0.3 is 0 Å². The molecule has 0 aromatic carbocycles. The van der Waals surface area contributed by atoms with Gasteiger partial charge in [0.05, 0.1) is 6.54 Å². The molecular weight excluding hydrogens is 228 g/mol. The predicted octanol–water partition coefficient (Wildman–Crippen LogP) is 1.25. The SMILES string of the molecule is CCNC(=NCCC(=O)NC(C)C)NC(C)(C)C. The number of nitrogens with one attached hydrogen (secondary N) is 3. The van der Waals surface area contributed by atoms with Crippen LogP contribution < -0.4 is 16.0 Å². The minimum atomic E-state index is -0.0405. The number of hydrogen-bond donors (Lipinski definition) is 3.